The number of unbranched alkanes of at least 4 members (excludes halogenated alkanes) is 1. The van der Waals surface area contributed by atoms with Gasteiger partial charge >= 0.3 is 0 Å². The van der Waals surface area contributed by atoms with Gasteiger partial charge in [0.2, 0.25) is 0 Å². The summed E-state index contributed by atoms with van der Waals surface area (Å²) in [5.74, 6) is 0. The Hall–Kier alpha value is -2.81. The summed E-state index contributed by atoms with van der Waals surface area (Å²) in [5, 5.41) is 13.6. The summed E-state index contributed by atoms with van der Waals surface area (Å²) in [6.45, 7) is 8.89. The quantitative estimate of drug-likeness (QED) is 0.499. The van der Waals surface area contributed by atoms with Gasteiger partial charge in [0.05, 0.1) is 11.6 Å². The summed E-state index contributed by atoms with van der Waals surface area (Å²) in [6, 6.07) is 15.1. The second-order valence-electron chi connectivity index (χ2n) is 8.94. The van der Waals surface area contributed by atoms with Crippen molar-refractivity contribution in [3.63, 3.8) is 0 Å². The predicted octanol–water partition coefficient (Wildman–Crippen LogP) is 4.25. The summed E-state index contributed by atoms with van der Waals surface area (Å²) in [5.41, 5.74) is 7.41. The van der Waals surface area contributed by atoms with Crippen LogP contribution in [0.15, 0.2) is 42.6 Å². The molecule has 168 valence electrons. The van der Waals surface area contributed by atoms with E-state index in [0.717, 1.165) is 56.6 Å². The van der Waals surface area contributed by atoms with Crippen molar-refractivity contribution in [3.8, 4) is 6.07 Å². The van der Waals surface area contributed by atoms with Crippen LogP contribution in [0.2, 0.25) is 0 Å². The molecule has 0 aliphatic carbocycles. The van der Waals surface area contributed by atoms with Crippen molar-refractivity contribution in [1.82, 2.24) is 15.2 Å². The van der Waals surface area contributed by atoms with Crippen molar-refractivity contribution >= 4 is 16.6 Å². The molecule has 0 amide bonds. The first-order chi connectivity index (χ1) is 15.7. The highest BCUT2D eigenvalue weighted by atomic mass is 15.3. The third kappa shape index (κ3) is 5.32. The zero-order valence-corrected chi connectivity index (χ0v) is 19.5. The van der Waals surface area contributed by atoms with Gasteiger partial charge in [0.15, 0.2) is 0 Å². The fraction of sp³-hybridized carbons (Fsp3) is 0.444. The van der Waals surface area contributed by atoms with Crippen LogP contribution in [0.1, 0.15) is 35.1 Å². The number of hydrogen-bond donors (Lipinski definition) is 2. The van der Waals surface area contributed by atoms with Gasteiger partial charge in [-0.1, -0.05) is 6.07 Å². The van der Waals surface area contributed by atoms with Crippen molar-refractivity contribution in [2.45, 2.75) is 32.6 Å². The maximum atomic E-state index is 9.16. The first-order valence-corrected chi connectivity index (χ1v) is 11.9. The average Bonchev–Trinajstić information content (AvgIpc) is 3.24. The number of benzene rings is 2. The van der Waals surface area contributed by atoms with E-state index in [9.17, 15) is 0 Å². The number of hydrogen-bond acceptors (Lipinski definition) is 4. The molecule has 0 saturated carbocycles. The molecule has 0 unspecified atom stereocenters. The van der Waals surface area contributed by atoms with Crippen LogP contribution in [0.4, 0.5) is 5.69 Å². The van der Waals surface area contributed by atoms with Gasteiger partial charge in [0.25, 0.3) is 0 Å². The number of likely N-dealkylation sites (N-methyl/N-ethyl adjacent to an activating group) is 1. The molecule has 0 bridgehead atoms. The van der Waals surface area contributed by atoms with Crippen LogP contribution in [0.5, 0.6) is 0 Å². The molecular weight excluding hydrogens is 394 g/mol. The number of aromatic amines is 1. The molecule has 1 aliphatic heterocycles. The fourth-order valence-corrected chi connectivity index (χ4v) is 4.72. The van der Waals surface area contributed by atoms with Gasteiger partial charge in [-0.25, -0.2) is 0 Å². The summed E-state index contributed by atoms with van der Waals surface area (Å²) >= 11 is 0. The maximum Gasteiger partial charge on any atom is 0.0991 e. The van der Waals surface area contributed by atoms with Gasteiger partial charge in [-0.05, 0) is 99.8 Å². The lowest BCUT2D eigenvalue weighted by Crippen LogP contribution is -2.46. The number of nitrogens with one attached hydrogen (secondary N) is 2. The molecule has 0 atom stereocenters. The normalized spacial score (nSPS) is 14.7. The van der Waals surface area contributed by atoms with Crippen molar-refractivity contribution in [1.29, 1.82) is 5.26 Å². The van der Waals surface area contributed by atoms with E-state index in [1.165, 1.54) is 47.2 Å². The molecule has 5 nitrogen and oxygen atoms in total. The van der Waals surface area contributed by atoms with E-state index in [2.05, 4.69) is 57.5 Å². The highest BCUT2D eigenvalue weighted by Gasteiger charge is 2.17. The molecule has 1 fully saturated rings. The lowest BCUT2D eigenvalue weighted by Gasteiger charge is -2.36. The monoisotopic (exact) mass is 429 g/mol. The minimum Gasteiger partial charge on any atom is -0.369 e. The van der Waals surface area contributed by atoms with Gasteiger partial charge in [-0.2, -0.15) is 5.26 Å². The van der Waals surface area contributed by atoms with Crippen LogP contribution in [0, 0.1) is 18.3 Å². The van der Waals surface area contributed by atoms with Crippen LogP contribution < -0.4 is 10.2 Å². The minimum absolute atomic E-state index is 0.735. The Bertz CT molecular complexity index is 1070. The van der Waals surface area contributed by atoms with E-state index < -0.39 is 0 Å². The Balaban J connectivity index is 1.23. The van der Waals surface area contributed by atoms with Crippen LogP contribution in [0.3, 0.4) is 0 Å². The number of aryl methyl sites for hydroxylation is 2. The Kier molecular flexibility index (Phi) is 7.47. The Morgan fingerprint density at radius 1 is 1.00 bits per heavy atom. The second kappa shape index (κ2) is 10.7. The highest BCUT2D eigenvalue weighted by molar-refractivity contribution is 5.84. The van der Waals surface area contributed by atoms with Gasteiger partial charge in [-0.15, -0.1) is 0 Å². The predicted molar refractivity (Wildman–Crippen MR) is 133 cm³/mol. The lowest BCUT2D eigenvalue weighted by atomic mass is 10.0. The first kappa shape index (κ1) is 22.4. The summed E-state index contributed by atoms with van der Waals surface area (Å²) < 4.78 is 0. The summed E-state index contributed by atoms with van der Waals surface area (Å²) in [4.78, 5) is 8.49. The van der Waals surface area contributed by atoms with Crippen LogP contribution in [0.25, 0.3) is 10.9 Å². The number of nitriles is 1. The standard InChI is InChI=1S/C27H35N5/c1-21-6-8-25(18-23(21)10-11-29-2)32-15-13-31(14-16-32)12-4-3-5-24-20-30-27-9-7-22(19-28)17-26(24)27/h6-9,17-18,20,29-30H,3-5,10-16H2,1-2H3. The van der Waals surface area contributed by atoms with Gasteiger partial charge in [-0.3, -0.25) is 4.90 Å². The molecule has 2 N–H and O–H groups in total. The van der Waals surface area contributed by atoms with E-state index >= 15 is 0 Å². The van der Waals surface area contributed by atoms with E-state index in [-0.39, 0.29) is 0 Å². The van der Waals surface area contributed by atoms with E-state index in [0.29, 0.717) is 0 Å². The SMILES string of the molecule is CNCCc1cc(N2CCN(CCCCc3c[nH]c4ccc(C#N)cc34)CC2)ccc1C. The van der Waals surface area contributed by atoms with Gasteiger partial charge in [0.1, 0.15) is 0 Å². The largest absolute Gasteiger partial charge is 0.369 e. The number of piperazine rings is 1. The minimum atomic E-state index is 0.735. The summed E-state index contributed by atoms with van der Waals surface area (Å²) in [6.07, 6.45) is 6.65. The smallest absolute Gasteiger partial charge is 0.0991 e. The van der Waals surface area contributed by atoms with Crippen molar-refractivity contribution < 1.29 is 0 Å². The molecular formula is C27H35N5. The molecule has 1 aliphatic rings. The number of anilines is 1. The fourth-order valence-electron chi connectivity index (χ4n) is 4.72. The first-order valence-electron chi connectivity index (χ1n) is 11.9. The molecule has 2 aromatic carbocycles. The molecule has 1 aromatic heterocycles. The Morgan fingerprint density at radius 2 is 1.84 bits per heavy atom. The third-order valence-electron chi connectivity index (χ3n) is 6.78. The van der Waals surface area contributed by atoms with Gasteiger partial charge in [0, 0.05) is 49.0 Å². The highest BCUT2D eigenvalue weighted by Crippen LogP contribution is 2.23. The van der Waals surface area contributed by atoms with Gasteiger partial charge < -0.3 is 15.2 Å². The van der Waals surface area contributed by atoms with E-state index in [1.54, 1.807) is 0 Å². The molecule has 0 radical (unpaired) electrons. The molecule has 0 spiro atoms. The number of rotatable bonds is 9. The topological polar surface area (TPSA) is 58.1 Å². The van der Waals surface area contributed by atoms with Crippen LogP contribution in [-0.2, 0) is 12.8 Å². The lowest BCUT2D eigenvalue weighted by molar-refractivity contribution is 0.253. The van der Waals surface area contributed by atoms with Crippen LogP contribution >= 0.6 is 0 Å². The number of H-pyrrole nitrogens is 1. The van der Waals surface area contributed by atoms with Crippen LogP contribution in [-0.4, -0.2) is 56.2 Å². The average molecular weight is 430 g/mol. The molecule has 4 rings (SSSR count). The van der Waals surface area contributed by atoms with Crippen molar-refractivity contribution in [2.75, 3.05) is 51.2 Å². The zero-order chi connectivity index (χ0) is 22.3. The Morgan fingerprint density at radius 3 is 2.62 bits per heavy atom. The molecule has 3 aromatic rings. The van der Waals surface area contributed by atoms with Crippen molar-refractivity contribution in [2.24, 2.45) is 0 Å². The van der Waals surface area contributed by atoms with E-state index in [4.69, 9.17) is 5.26 Å². The molecule has 2 heterocycles. The molecule has 5 heteroatoms. The summed E-state index contributed by atoms with van der Waals surface area (Å²) in [7, 11) is 2.02. The second-order valence-corrected chi connectivity index (χ2v) is 8.94. The molecule has 1 saturated heterocycles. The zero-order valence-electron chi connectivity index (χ0n) is 19.5. The Labute approximate surface area is 192 Å². The van der Waals surface area contributed by atoms with Crippen molar-refractivity contribution in [3.05, 3.63) is 64.8 Å². The molecule has 32 heavy (non-hydrogen) atoms. The number of nitrogens with zero attached hydrogens (tertiary/aromatic N) is 3. The third-order valence-corrected chi connectivity index (χ3v) is 6.78. The van der Waals surface area contributed by atoms with E-state index in [1.807, 2.05) is 25.2 Å². The number of aromatic nitrogens is 1. The maximum absolute atomic E-state index is 9.16. The number of fused-ring (bicyclic) bond motifs is 1.